The van der Waals surface area contributed by atoms with Gasteiger partial charge in [0.1, 0.15) is 18.1 Å². The number of aromatic nitrogens is 2. The van der Waals surface area contributed by atoms with Gasteiger partial charge in [0.05, 0.1) is 57.0 Å². The Kier molecular flexibility index (Phi) is 11.2. The molecule has 6 aromatic rings. The molecule has 0 unspecified atom stereocenters. The average molecular weight is 853 g/mol. The Morgan fingerprint density at radius 1 is 0.724 bits per heavy atom. The van der Waals surface area contributed by atoms with E-state index in [0.29, 0.717) is 72.5 Å². The van der Waals surface area contributed by atoms with Crippen LogP contribution in [0.2, 0.25) is 10.0 Å². The first kappa shape index (κ1) is 38.7. The van der Waals surface area contributed by atoms with E-state index < -0.39 is 0 Å². The minimum Gasteiger partial charge on any atom is -0.496 e. The van der Waals surface area contributed by atoms with Crippen LogP contribution in [0.1, 0.15) is 63.9 Å². The molecule has 0 spiro atoms. The Hall–Kier alpha value is -6.13. The van der Waals surface area contributed by atoms with Gasteiger partial charge in [-0.05, 0) is 66.2 Å². The Morgan fingerprint density at radius 2 is 1.36 bits per heavy atom. The number of hydrazone groups is 1. The monoisotopic (exact) mass is 851 g/mol. The first-order valence-corrected chi connectivity index (χ1v) is 20.3. The number of rotatable bonds is 15. The van der Waals surface area contributed by atoms with Crippen LogP contribution in [0, 0.1) is 0 Å². The van der Waals surface area contributed by atoms with Gasteiger partial charge in [0.25, 0.3) is 23.6 Å². The van der Waals surface area contributed by atoms with E-state index in [2.05, 4.69) is 25.8 Å². The number of nitrogens with one attached hydrogen (secondary N) is 2. The van der Waals surface area contributed by atoms with E-state index in [1.54, 1.807) is 92.2 Å². The molecule has 0 saturated carbocycles. The number of carbonyl (C=O) groups excluding carboxylic acids is 4. The number of carbonyl (C=O) groups is 4. The largest absolute Gasteiger partial charge is 0.496 e. The van der Waals surface area contributed by atoms with Crippen molar-refractivity contribution in [1.82, 2.24) is 19.8 Å². The van der Waals surface area contributed by atoms with Crippen molar-refractivity contribution in [1.29, 1.82) is 0 Å². The summed E-state index contributed by atoms with van der Waals surface area (Å²) in [6.45, 7) is 0.548. The smallest absolute Gasteiger partial charge is 0.261 e. The lowest BCUT2D eigenvalue weighted by atomic mass is 10.1. The number of ether oxygens (including phenoxy) is 2. The molecule has 0 atom stereocenters. The van der Waals surface area contributed by atoms with Gasteiger partial charge in [-0.3, -0.25) is 34.4 Å². The van der Waals surface area contributed by atoms with Gasteiger partial charge in [-0.15, -0.1) is 22.7 Å². The molecule has 4 aromatic carbocycles. The number of benzene rings is 4. The van der Waals surface area contributed by atoms with Gasteiger partial charge in [-0.2, -0.15) is 5.10 Å². The molecule has 0 bridgehead atoms. The van der Waals surface area contributed by atoms with Gasteiger partial charge < -0.3 is 14.8 Å². The zero-order valence-electron chi connectivity index (χ0n) is 30.5. The van der Waals surface area contributed by atoms with Crippen molar-refractivity contribution in [2.75, 3.05) is 30.9 Å². The molecule has 0 fully saturated rings. The average Bonchev–Trinajstić information content (AvgIpc) is 3.99. The van der Waals surface area contributed by atoms with E-state index in [1.165, 1.54) is 32.5 Å². The number of amides is 4. The number of hydrogen-bond acceptors (Lipinski definition) is 13. The van der Waals surface area contributed by atoms with E-state index in [0.717, 1.165) is 22.6 Å². The summed E-state index contributed by atoms with van der Waals surface area (Å²) in [4.78, 5) is 63.6. The minimum atomic E-state index is -0.364. The van der Waals surface area contributed by atoms with E-state index in [-0.39, 0.29) is 43.3 Å². The van der Waals surface area contributed by atoms with Crippen LogP contribution in [0.15, 0.2) is 94.7 Å². The highest BCUT2D eigenvalue weighted by atomic mass is 35.5. The molecule has 0 aliphatic carbocycles. The number of nitrogens with zero attached hydrogens (tertiary/aromatic N) is 5. The Labute approximate surface area is 349 Å². The van der Waals surface area contributed by atoms with Crippen LogP contribution < -0.4 is 20.2 Å². The molecule has 4 amide bonds. The normalized spacial score (nSPS) is 13.4. The van der Waals surface area contributed by atoms with Crippen LogP contribution >= 0.6 is 45.9 Å². The number of anilines is 3. The molecule has 2 N–H and O–H groups in total. The Balaban J connectivity index is 0.838. The van der Waals surface area contributed by atoms with Crippen LogP contribution in [-0.2, 0) is 19.4 Å². The third-order valence-electron chi connectivity index (χ3n) is 9.34. The number of hydrogen-bond donors (Lipinski definition) is 2. The maximum atomic E-state index is 13.4. The molecule has 2 aromatic heterocycles. The predicted octanol–water partition coefficient (Wildman–Crippen LogP) is 8.36. The lowest BCUT2D eigenvalue weighted by Crippen LogP contribution is -2.31. The number of thiazole rings is 2. The summed E-state index contributed by atoms with van der Waals surface area (Å²) >= 11 is 14.9. The number of fused-ring (bicyclic) bond motifs is 2. The molecular weight excluding hydrogens is 822 g/mol. The fourth-order valence-corrected chi connectivity index (χ4v) is 8.16. The van der Waals surface area contributed by atoms with Gasteiger partial charge in [-0.1, -0.05) is 41.4 Å². The van der Waals surface area contributed by atoms with Crippen LogP contribution in [0.3, 0.4) is 0 Å². The van der Waals surface area contributed by atoms with Crippen molar-refractivity contribution in [3.8, 4) is 11.5 Å². The SMILES string of the molecule is COc1ccc(OCc2ccc3c(c2)C(=O)N(CCc2csc(Nc4ccc(Cl)c(Cl)c4)n2)C3=O)cc1/C=N/Nc1nc(CCN2C(=O)c3ccccc3C2=O)cs1. The van der Waals surface area contributed by atoms with Gasteiger partial charge >= 0.3 is 0 Å². The molecule has 0 saturated heterocycles. The molecule has 17 heteroatoms. The summed E-state index contributed by atoms with van der Waals surface area (Å²) in [7, 11) is 1.55. The van der Waals surface area contributed by atoms with E-state index >= 15 is 0 Å². The number of methoxy groups -OCH3 is 1. The van der Waals surface area contributed by atoms with Crippen molar-refractivity contribution in [2.24, 2.45) is 5.10 Å². The highest BCUT2D eigenvalue weighted by molar-refractivity contribution is 7.14. The van der Waals surface area contributed by atoms with Gasteiger partial charge in [-0.25, -0.2) is 9.97 Å². The minimum absolute atomic E-state index is 0.145. The van der Waals surface area contributed by atoms with Gasteiger partial charge in [0.2, 0.25) is 5.13 Å². The fourth-order valence-electron chi connectivity index (χ4n) is 6.40. The summed E-state index contributed by atoms with van der Waals surface area (Å²) in [6.07, 6.45) is 2.38. The molecule has 4 heterocycles. The molecule has 13 nitrogen and oxygen atoms in total. The third-order valence-corrected chi connectivity index (χ3v) is 11.7. The highest BCUT2D eigenvalue weighted by Gasteiger charge is 2.36. The van der Waals surface area contributed by atoms with Crippen LogP contribution in [0.5, 0.6) is 11.5 Å². The second kappa shape index (κ2) is 16.8. The second-order valence-electron chi connectivity index (χ2n) is 13.1. The summed E-state index contributed by atoms with van der Waals surface area (Å²) in [5.41, 5.74) is 7.99. The quantitative estimate of drug-likeness (QED) is 0.0585. The maximum Gasteiger partial charge on any atom is 0.261 e. The van der Waals surface area contributed by atoms with E-state index in [4.69, 9.17) is 32.7 Å². The topological polar surface area (TPSA) is 155 Å². The van der Waals surface area contributed by atoms with Crippen LogP contribution in [0.4, 0.5) is 16.0 Å². The standard InChI is InChI=1S/C41H31Cl2N7O6S2/c1-55-35-11-8-28(17-24(35)19-44-48-41-47-27(22-58-41)13-14-49-36(51)29-4-2-3-5-30(29)37(49)52)56-20-23-6-9-31-32(16-23)39(54)50(38(31)53)15-12-26-21-57-40(46-26)45-25-7-10-33(42)34(43)18-25/h2-11,16-19,21-22H,12-15,20H2,1H3,(H,45,46)(H,47,48)/b44-19+. The van der Waals surface area contributed by atoms with E-state index in [9.17, 15) is 19.2 Å². The summed E-state index contributed by atoms with van der Waals surface area (Å²) in [5, 5.41) is 13.3. The zero-order valence-corrected chi connectivity index (χ0v) is 33.7. The first-order chi connectivity index (χ1) is 28.1. The van der Waals surface area contributed by atoms with Gasteiger partial charge in [0, 0.05) is 47.9 Å². The maximum absolute atomic E-state index is 13.4. The zero-order chi connectivity index (χ0) is 40.3. The molecule has 292 valence electrons. The molecular formula is C41H31Cl2N7O6S2. The summed E-state index contributed by atoms with van der Waals surface area (Å²) in [6, 6.07) is 22.4. The molecule has 2 aliphatic rings. The molecule has 2 aliphatic heterocycles. The number of halogens is 2. The van der Waals surface area contributed by atoms with Crippen molar-refractivity contribution in [3.05, 3.63) is 144 Å². The number of imide groups is 2. The summed E-state index contributed by atoms with van der Waals surface area (Å²) in [5.74, 6) is -0.201. The van der Waals surface area contributed by atoms with Crippen molar-refractivity contribution >= 4 is 91.7 Å². The third kappa shape index (κ3) is 8.15. The van der Waals surface area contributed by atoms with Gasteiger partial charge in [0.15, 0.2) is 5.13 Å². The Bertz CT molecular complexity index is 2590. The predicted molar refractivity (Wildman–Crippen MR) is 224 cm³/mol. The summed E-state index contributed by atoms with van der Waals surface area (Å²) < 4.78 is 11.6. The van der Waals surface area contributed by atoms with Crippen molar-refractivity contribution in [2.45, 2.75) is 19.4 Å². The highest BCUT2D eigenvalue weighted by Crippen LogP contribution is 2.30. The second-order valence-corrected chi connectivity index (χ2v) is 15.6. The van der Waals surface area contributed by atoms with E-state index in [1.807, 2.05) is 10.8 Å². The fraction of sp³-hybridized carbons (Fsp3) is 0.146. The lowest BCUT2D eigenvalue weighted by molar-refractivity contribution is 0.0640. The molecule has 0 radical (unpaired) electrons. The molecule has 8 rings (SSSR count). The lowest BCUT2D eigenvalue weighted by Gasteiger charge is -2.12. The van der Waals surface area contributed by atoms with Crippen LogP contribution in [0.25, 0.3) is 0 Å². The van der Waals surface area contributed by atoms with Crippen molar-refractivity contribution in [3.63, 3.8) is 0 Å². The first-order valence-electron chi connectivity index (χ1n) is 17.8. The molecule has 58 heavy (non-hydrogen) atoms. The van der Waals surface area contributed by atoms with Crippen LogP contribution in [-0.4, -0.2) is 69.8 Å². The van der Waals surface area contributed by atoms with Crippen molar-refractivity contribution < 1.29 is 28.7 Å². The Morgan fingerprint density at radius 3 is 2.03 bits per heavy atom.